The summed E-state index contributed by atoms with van der Waals surface area (Å²) < 4.78 is 10.1. The second kappa shape index (κ2) is 9.22. The van der Waals surface area contributed by atoms with Crippen molar-refractivity contribution >= 4 is 11.6 Å². The molecule has 0 aliphatic heterocycles. The Hall–Kier alpha value is -1.75. The van der Waals surface area contributed by atoms with Gasteiger partial charge in [0, 0.05) is 25.9 Å². The van der Waals surface area contributed by atoms with Gasteiger partial charge in [-0.2, -0.15) is 0 Å². The number of anilines is 1. The van der Waals surface area contributed by atoms with Gasteiger partial charge >= 0.3 is 0 Å². The smallest absolute Gasteiger partial charge is 0.193 e. The van der Waals surface area contributed by atoms with Crippen LogP contribution >= 0.6 is 0 Å². The minimum atomic E-state index is 0.442. The van der Waals surface area contributed by atoms with Crippen molar-refractivity contribution in [2.75, 3.05) is 32.7 Å². The Kier molecular flexibility index (Phi) is 7.43. The van der Waals surface area contributed by atoms with Gasteiger partial charge in [-0.3, -0.25) is 4.99 Å². The van der Waals surface area contributed by atoms with Gasteiger partial charge in [0.15, 0.2) is 5.96 Å². The van der Waals surface area contributed by atoms with E-state index in [1.807, 2.05) is 24.3 Å². The van der Waals surface area contributed by atoms with Crippen LogP contribution in [0.3, 0.4) is 0 Å². The first-order chi connectivity index (χ1) is 9.26. The summed E-state index contributed by atoms with van der Waals surface area (Å²) in [6.07, 6.45) is 3.19. The second-order valence-electron chi connectivity index (χ2n) is 4.17. The Labute approximate surface area is 114 Å². The lowest BCUT2D eigenvalue weighted by Gasteiger charge is -2.06. The van der Waals surface area contributed by atoms with Crippen LogP contribution in [0.5, 0.6) is 5.75 Å². The van der Waals surface area contributed by atoms with E-state index in [2.05, 4.69) is 10.3 Å². The predicted octanol–water partition coefficient (Wildman–Crippen LogP) is 2.24. The molecule has 0 saturated heterocycles. The highest BCUT2D eigenvalue weighted by Gasteiger charge is 1.96. The van der Waals surface area contributed by atoms with Gasteiger partial charge in [-0.05, 0) is 43.5 Å². The van der Waals surface area contributed by atoms with Crippen molar-refractivity contribution in [1.82, 2.24) is 0 Å². The summed E-state index contributed by atoms with van der Waals surface area (Å²) in [5.74, 6) is 1.26. The van der Waals surface area contributed by atoms with Crippen molar-refractivity contribution in [3.8, 4) is 5.75 Å². The summed E-state index contributed by atoms with van der Waals surface area (Å²) in [6, 6.07) is 7.56. The summed E-state index contributed by atoms with van der Waals surface area (Å²) in [4.78, 5) is 4.27. The zero-order valence-corrected chi connectivity index (χ0v) is 11.7. The van der Waals surface area contributed by atoms with E-state index in [1.165, 1.54) is 0 Å². The van der Waals surface area contributed by atoms with E-state index in [0.717, 1.165) is 43.9 Å². The Morgan fingerprint density at radius 1 is 1.16 bits per heavy atom. The summed E-state index contributed by atoms with van der Waals surface area (Å²) in [6.45, 7) is 1.54. The first-order valence-electron chi connectivity index (χ1n) is 6.46. The largest absolute Gasteiger partial charge is 0.497 e. The van der Waals surface area contributed by atoms with Crippen LogP contribution in [0.15, 0.2) is 29.3 Å². The summed E-state index contributed by atoms with van der Waals surface area (Å²) >= 11 is 0. The van der Waals surface area contributed by atoms with Gasteiger partial charge in [-0.25, -0.2) is 0 Å². The topological polar surface area (TPSA) is 68.9 Å². The number of hydrogen-bond acceptors (Lipinski definition) is 3. The highest BCUT2D eigenvalue weighted by molar-refractivity contribution is 5.92. The van der Waals surface area contributed by atoms with Crippen molar-refractivity contribution in [3.63, 3.8) is 0 Å². The summed E-state index contributed by atoms with van der Waals surface area (Å²) in [7, 11) is 3.36. The van der Waals surface area contributed by atoms with Gasteiger partial charge in [0.1, 0.15) is 5.75 Å². The Morgan fingerprint density at radius 3 is 2.53 bits per heavy atom. The molecule has 19 heavy (non-hydrogen) atoms. The van der Waals surface area contributed by atoms with E-state index >= 15 is 0 Å². The molecule has 0 unspecified atom stereocenters. The van der Waals surface area contributed by atoms with Crippen LogP contribution in [-0.4, -0.2) is 33.3 Å². The third-order valence-electron chi connectivity index (χ3n) is 2.65. The third-order valence-corrected chi connectivity index (χ3v) is 2.65. The maximum Gasteiger partial charge on any atom is 0.193 e. The van der Waals surface area contributed by atoms with Crippen LogP contribution in [0.25, 0.3) is 0 Å². The maximum atomic E-state index is 5.80. The Morgan fingerprint density at radius 2 is 1.89 bits per heavy atom. The van der Waals surface area contributed by atoms with Crippen LogP contribution in [0.2, 0.25) is 0 Å². The molecule has 0 atom stereocenters. The van der Waals surface area contributed by atoms with E-state index < -0.39 is 0 Å². The average Bonchev–Trinajstić information content (AvgIpc) is 2.43. The number of aliphatic imine (C=N–C) groups is 1. The number of nitrogens with zero attached hydrogens (tertiary/aromatic N) is 1. The van der Waals surface area contributed by atoms with E-state index in [1.54, 1.807) is 14.2 Å². The van der Waals surface area contributed by atoms with Gasteiger partial charge in [0.05, 0.1) is 7.11 Å². The minimum absolute atomic E-state index is 0.442. The molecular formula is C14H23N3O2. The molecule has 0 aliphatic rings. The van der Waals surface area contributed by atoms with Crippen molar-refractivity contribution in [1.29, 1.82) is 0 Å². The minimum Gasteiger partial charge on any atom is -0.497 e. The maximum absolute atomic E-state index is 5.80. The molecule has 0 aliphatic carbocycles. The number of ether oxygens (including phenoxy) is 2. The van der Waals surface area contributed by atoms with E-state index in [4.69, 9.17) is 15.2 Å². The highest BCUT2D eigenvalue weighted by atomic mass is 16.5. The molecule has 106 valence electrons. The number of nitrogens with one attached hydrogen (secondary N) is 1. The van der Waals surface area contributed by atoms with E-state index in [0.29, 0.717) is 5.96 Å². The highest BCUT2D eigenvalue weighted by Crippen LogP contribution is 2.14. The molecule has 5 nitrogen and oxygen atoms in total. The molecule has 0 radical (unpaired) electrons. The average molecular weight is 265 g/mol. The standard InChI is InChI=1S/C14H23N3O2/c1-18-11-5-3-4-10-16-14(15)17-12-6-8-13(19-2)9-7-12/h6-9H,3-5,10-11H2,1-2H3,(H3,15,16,17). The molecule has 0 bridgehead atoms. The van der Waals surface area contributed by atoms with Crippen LogP contribution < -0.4 is 15.8 Å². The SMILES string of the molecule is COCCCCCN=C(N)Nc1ccc(OC)cc1. The fourth-order valence-corrected chi connectivity index (χ4v) is 1.60. The molecule has 1 rings (SSSR count). The molecule has 0 saturated carbocycles. The van der Waals surface area contributed by atoms with E-state index in [-0.39, 0.29) is 0 Å². The molecule has 5 heteroatoms. The number of nitrogens with two attached hydrogens (primary N) is 1. The zero-order valence-electron chi connectivity index (χ0n) is 11.7. The lowest BCUT2D eigenvalue weighted by molar-refractivity contribution is 0.192. The molecule has 0 aromatic heterocycles. The number of benzene rings is 1. The number of rotatable bonds is 8. The molecule has 0 fully saturated rings. The number of guanidine groups is 1. The number of unbranched alkanes of at least 4 members (excludes halogenated alkanes) is 2. The Balaban J connectivity index is 2.26. The van der Waals surface area contributed by atoms with Gasteiger partial charge in [0.25, 0.3) is 0 Å². The normalized spacial score (nSPS) is 11.4. The second-order valence-corrected chi connectivity index (χ2v) is 4.17. The third kappa shape index (κ3) is 6.67. The van der Waals surface area contributed by atoms with Crippen molar-refractivity contribution in [2.24, 2.45) is 10.7 Å². The van der Waals surface area contributed by atoms with Gasteiger partial charge in [-0.1, -0.05) is 0 Å². The van der Waals surface area contributed by atoms with Crippen molar-refractivity contribution in [2.45, 2.75) is 19.3 Å². The molecule has 1 aromatic carbocycles. The zero-order chi connectivity index (χ0) is 13.9. The van der Waals surface area contributed by atoms with Gasteiger partial charge < -0.3 is 20.5 Å². The van der Waals surface area contributed by atoms with Crippen LogP contribution in [0.1, 0.15) is 19.3 Å². The van der Waals surface area contributed by atoms with Crippen LogP contribution in [0.4, 0.5) is 5.69 Å². The molecule has 0 amide bonds. The monoisotopic (exact) mass is 265 g/mol. The van der Waals surface area contributed by atoms with Crippen molar-refractivity contribution in [3.05, 3.63) is 24.3 Å². The quantitative estimate of drug-likeness (QED) is 0.430. The number of methoxy groups -OCH3 is 2. The molecule has 1 aromatic rings. The first-order valence-corrected chi connectivity index (χ1v) is 6.46. The van der Waals surface area contributed by atoms with Crippen LogP contribution in [-0.2, 0) is 4.74 Å². The predicted molar refractivity (Wildman–Crippen MR) is 78.8 cm³/mol. The van der Waals surface area contributed by atoms with Gasteiger partial charge in [0.2, 0.25) is 0 Å². The molecule has 0 spiro atoms. The van der Waals surface area contributed by atoms with E-state index in [9.17, 15) is 0 Å². The molecule has 3 N–H and O–H groups in total. The van der Waals surface area contributed by atoms with Gasteiger partial charge in [-0.15, -0.1) is 0 Å². The molecular weight excluding hydrogens is 242 g/mol. The lowest BCUT2D eigenvalue weighted by Crippen LogP contribution is -2.22. The summed E-state index contributed by atoms with van der Waals surface area (Å²) in [5.41, 5.74) is 6.70. The Bertz CT molecular complexity index is 377. The van der Waals surface area contributed by atoms with Crippen LogP contribution in [0, 0.1) is 0 Å². The van der Waals surface area contributed by atoms with Crippen molar-refractivity contribution < 1.29 is 9.47 Å². The number of hydrogen-bond donors (Lipinski definition) is 2. The fourth-order valence-electron chi connectivity index (χ4n) is 1.60. The lowest BCUT2D eigenvalue weighted by atomic mass is 10.2. The fraction of sp³-hybridized carbons (Fsp3) is 0.500. The molecule has 0 heterocycles. The summed E-state index contributed by atoms with van der Waals surface area (Å²) in [5, 5.41) is 3.04. The first kappa shape index (κ1) is 15.3.